The van der Waals surface area contributed by atoms with Crippen LogP contribution >= 0.6 is 58.8 Å². The van der Waals surface area contributed by atoms with Crippen LogP contribution < -0.4 is 0 Å². The number of thioether (sulfide) groups is 5. The van der Waals surface area contributed by atoms with Crippen molar-refractivity contribution in [3.63, 3.8) is 0 Å². The van der Waals surface area contributed by atoms with E-state index in [0.29, 0.717) is 10.5 Å². The van der Waals surface area contributed by atoms with Crippen LogP contribution in [0.25, 0.3) is 0 Å². The molecule has 2 atom stereocenters. The van der Waals surface area contributed by atoms with Gasteiger partial charge < -0.3 is 0 Å². The van der Waals surface area contributed by atoms with Crippen LogP contribution in [0.4, 0.5) is 0 Å². The molecule has 180 valence electrons. The Hall–Kier alpha value is -1.37. The maximum absolute atomic E-state index is 2.24. The SMILES string of the molecule is c1ccc(SCC(CSCC(CSc2ccccc2)Sc2ccccc2)Sc2ccccc2)cc1. The normalized spacial score (nSPS) is 12.8. The third-order valence-corrected chi connectivity index (χ3v) is 11.9. The van der Waals surface area contributed by atoms with Crippen LogP contribution in [0.2, 0.25) is 0 Å². The number of hydrogen-bond acceptors (Lipinski definition) is 5. The van der Waals surface area contributed by atoms with Gasteiger partial charge in [-0.3, -0.25) is 0 Å². The summed E-state index contributed by atoms with van der Waals surface area (Å²) in [6.07, 6.45) is 0. The molecule has 0 amide bonds. The molecule has 0 radical (unpaired) electrons. The minimum absolute atomic E-state index is 0.566. The lowest BCUT2D eigenvalue weighted by atomic mass is 10.4. The summed E-state index contributed by atoms with van der Waals surface area (Å²) in [5.74, 6) is 4.54. The number of hydrogen-bond donors (Lipinski definition) is 0. The Morgan fingerprint density at radius 2 is 0.686 bits per heavy atom. The summed E-state index contributed by atoms with van der Waals surface area (Å²) in [5.41, 5.74) is 0. The molecule has 0 aliphatic rings. The van der Waals surface area contributed by atoms with Crippen molar-refractivity contribution in [2.45, 2.75) is 30.1 Å². The molecule has 0 saturated heterocycles. The van der Waals surface area contributed by atoms with Crippen molar-refractivity contribution in [3.8, 4) is 0 Å². The molecule has 0 heterocycles. The number of rotatable bonds is 14. The highest BCUT2D eigenvalue weighted by molar-refractivity contribution is 8.07. The van der Waals surface area contributed by atoms with Gasteiger partial charge in [0.1, 0.15) is 0 Å². The predicted octanol–water partition coefficient (Wildman–Crippen LogP) is 9.63. The second-order valence-electron chi connectivity index (χ2n) is 7.89. The first-order valence-corrected chi connectivity index (χ1v) is 16.6. The van der Waals surface area contributed by atoms with Gasteiger partial charge in [0, 0.05) is 53.1 Å². The zero-order valence-corrected chi connectivity index (χ0v) is 23.7. The monoisotopic (exact) mass is 550 g/mol. The fraction of sp³-hybridized carbons (Fsp3) is 0.200. The summed E-state index contributed by atoms with van der Waals surface area (Å²) in [4.78, 5) is 5.43. The molecule has 0 fully saturated rings. The lowest BCUT2D eigenvalue weighted by Gasteiger charge is -2.20. The van der Waals surface area contributed by atoms with Gasteiger partial charge >= 0.3 is 0 Å². The maximum atomic E-state index is 2.24. The van der Waals surface area contributed by atoms with Crippen LogP contribution in [0.1, 0.15) is 0 Å². The highest BCUT2D eigenvalue weighted by atomic mass is 32.2. The summed E-state index contributed by atoms with van der Waals surface area (Å²) in [6, 6.07) is 43.3. The average molecular weight is 551 g/mol. The predicted molar refractivity (Wildman–Crippen MR) is 164 cm³/mol. The van der Waals surface area contributed by atoms with Gasteiger partial charge in [0.05, 0.1) is 0 Å². The summed E-state index contributed by atoms with van der Waals surface area (Å²) < 4.78 is 0. The van der Waals surface area contributed by atoms with Crippen molar-refractivity contribution in [2.24, 2.45) is 0 Å². The third-order valence-electron chi connectivity index (χ3n) is 5.06. The van der Waals surface area contributed by atoms with Gasteiger partial charge in [0.2, 0.25) is 0 Å². The molecule has 0 N–H and O–H groups in total. The first-order chi connectivity index (χ1) is 17.3. The highest BCUT2D eigenvalue weighted by Crippen LogP contribution is 2.34. The summed E-state index contributed by atoms with van der Waals surface area (Å²) >= 11 is 10.1. The smallest absolute Gasteiger partial charge is 0.0279 e. The van der Waals surface area contributed by atoms with E-state index in [1.807, 2.05) is 47.0 Å². The molecule has 5 heteroatoms. The summed E-state index contributed by atoms with van der Waals surface area (Å²) in [7, 11) is 0. The fourth-order valence-corrected chi connectivity index (χ4v) is 9.72. The van der Waals surface area contributed by atoms with E-state index in [0.717, 1.165) is 23.0 Å². The van der Waals surface area contributed by atoms with E-state index in [9.17, 15) is 0 Å². The molecule has 4 rings (SSSR count). The average Bonchev–Trinajstić information content (AvgIpc) is 2.92. The lowest BCUT2D eigenvalue weighted by molar-refractivity contribution is 1.11. The maximum Gasteiger partial charge on any atom is 0.0279 e. The Morgan fingerprint density at radius 1 is 0.371 bits per heavy atom. The fourth-order valence-electron chi connectivity index (χ4n) is 3.36. The first-order valence-electron chi connectivity index (χ1n) is 11.7. The minimum atomic E-state index is 0.566. The van der Waals surface area contributed by atoms with Crippen molar-refractivity contribution in [3.05, 3.63) is 121 Å². The molecule has 4 aromatic rings. The van der Waals surface area contributed by atoms with Crippen LogP contribution in [-0.4, -0.2) is 33.5 Å². The summed E-state index contributed by atoms with van der Waals surface area (Å²) in [6.45, 7) is 0. The first kappa shape index (κ1) is 26.7. The second-order valence-corrected chi connectivity index (χ2v) is 13.9. The van der Waals surface area contributed by atoms with Crippen LogP contribution in [0.15, 0.2) is 141 Å². The Labute approximate surface area is 231 Å². The van der Waals surface area contributed by atoms with Gasteiger partial charge in [0.25, 0.3) is 0 Å². The van der Waals surface area contributed by atoms with Gasteiger partial charge in [-0.1, -0.05) is 72.8 Å². The Bertz CT molecular complexity index is 986. The standard InChI is InChI=1S/C30H30S5/c1-5-13-25(14-6-1)32-23-29(34-27-17-9-3-10-18-27)21-31-22-30(35-28-19-11-4-12-20-28)24-33-26-15-7-2-8-16-26/h1-20,29-30H,21-24H2. The molecule has 35 heavy (non-hydrogen) atoms. The molecule has 0 spiro atoms. The van der Waals surface area contributed by atoms with Crippen molar-refractivity contribution >= 4 is 58.8 Å². The molecule has 0 nitrogen and oxygen atoms in total. The van der Waals surface area contributed by atoms with E-state index in [2.05, 4.69) is 133 Å². The zero-order valence-electron chi connectivity index (χ0n) is 19.6. The Morgan fingerprint density at radius 3 is 1.03 bits per heavy atom. The van der Waals surface area contributed by atoms with Crippen LogP contribution in [0.3, 0.4) is 0 Å². The van der Waals surface area contributed by atoms with E-state index in [1.54, 1.807) is 0 Å². The van der Waals surface area contributed by atoms with E-state index in [-0.39, 0.29) is 0 Å². The van der Waals surface area contributed by atoms with Crippen LogP contribution in [-0.2, 0) is 0 Å². The topological polar surface area (TPSA) is 0 Å². The summed E-state index contributed by atoms with van der Waals surface area (Å²) in [5, 5.41) is 1.13. The van der Waals surface area contributed by atoms with E-state index >= 15 is 0 Å². The molecule has 0 saturated carbocycles. The molecule has 0 bridgehead atoms. The minimum Gasteiger partial charge on any atom is -0.160 e. The second kappa shape index (κ2) is 15.7. The molecule has 0 aliphatic heterocycles. The molecule has 0 aromatic heterocycles. The van der Waals surface area contributed by atoms with E-state index in [4.69, 9.17) is 0 Å². The van der Waals surface area contributed by atoms with Gasteiger partial charge in [-0.15, -0.1) is 47.0 Å². The molecular formula is C30H30S5. The molecule has 4 aromatic carbocycles. The van der Waals surface area contributed by atoms with E-state index < -0.39 is 0 Å². The van der Waals surface area contributed by atoms with Crippen molar-refractivity contribution in [1.82, 2.24) is 0 Å². The number of benzene rings is 4. The quantitative estimate of drug-likeness (QED) is 0.143. The highest BCUT2D eigenvalue weighted by Gasteiger charge is 2.16. The zero-order chi connectivity index (χ0) is 24.0. The van der Waals surface area contributed by atoms with Crippen molar-refractivity contribution in [2.75, 3.05) is 23.0 Å². The van der Waals surface area contributed by atoms with Gasteiger partial charge in [0.15, 0.2) is 0 Å². The van der Waals surface area contributed by atoms with Crippen molar-refractivity contribution < 1.29 is 0 Å². The van der Waals surface area contributed by atoms with Gasteiger partial charge in [-0.05, 0) is 48.5 Å². The largest absolute Gasteiger partial charge is 0.160 e. The molecule has 2 unspecified atom stereocenters. The molecule has 0 aliphatic carbocycles. The Balaban J connectivity index is 1.35. The Kier molecular flexibility index (Phi) is 12.0. The third kappa shape index (κ3) is 10.3. The van der Waals surface area contributed by atoms with Crippen LogP contribution in [0, 0.1) is 0 Å². The van der Waals surface area contributed by atoms with Gasteiger partial charge in [-0.25, -0.2) is 0 Å². The van der Waals surface area contributed by atoms with Gasteiger partial charge in [-0.2, -0.15) is 11.8 Å². The molecular weight excluding hydrogens is 521 g/mol. The van der Waals surface area contributed by atoms with Crippen LogP contribution in [0.5, 0.6) is 0 Å². The van der Waals surface area contributed by atoms with Crippen molar-refractivity contribution in [1.29, 1.82) is 0 Å². The van der Waals surface area contributed by atoms with E-state index in [1.165, 1.54) is 19.6 Å². The lowest BCUT2D eigenvalue weighted by Crippen LogP contribution is -2.15.